The maximum atomic E-state index is 14.5. The van der Waals surface area contributed by atoms with Crippen molar-refractivity contribution in [3.05, 3.63) is 89.7 Å². The molecule has 0 aliphatic rings. The van der Waals surface area contributed by atoms with Crippen molar-refractivity contribution in [1.29, 1.82) is 0 Å². The summed E-state index contributed by atoms with van der Waals surface area (Å²) in [6.07, 6.45) is 0. The number of hydrogen-bond acceptors (Lipinski definition) is 2. The van der Waals surface area contributed by atoms with E-state index in [0.29, 0.717) is 22.0 Å². The minimum atomic E-state index is -0.291. The zero-order valence-electron chi connectivity index (χ0n) is 14.1. The van der Waals surface area contributed by atoms with Crippen LogP contribution in [0, 0.1) is 5.82 Å². The number of nitrogens with zero attached hydrogens (tertiary/aromatic N) is 1. The second-order valence-corrected chi connectivity index (χ2v) is 6.78. The Morgan fingerprint density at radius 3 is 2.48 bits per heavy atom. The van der Waals surface area contributed by atoms with Crippen molar-refractivity contribution in [2.24, 2.45) is 0 Å². The van der Waals surface area contributed by atoms with Gasteiger partial charge in [-0.25, -0.2) is 9.37 Å². The lowest BCUT2D eigenvalue weighted by atomic mass is 9.99. The Bertz CT molecular complexity index is 1280. The number of hydrogen-bond donors (Lipinski definition) is 0. The van der Waals surface area contributed by atoms with Crippen LogP contribution in [0.25, 0.3) is 44.5 Å². The van der Waals surface area contributed by atoms with E-state index in [2.05, 4.69) is 0 Å². The molecule has 5 rings (SSSR count). The van der Waals surface area contributed by atoms with E-state index in [1.807, 2.05) is 54.6 Å². The number of aromatic nitrogens is 1. The summed E-state index contributed by atoms with van der Waals surface area (Å²) in [5, 5.41) is 2.38. The largest absolute Gasteiger partial charge is 0.454 e. The number of benzene rings is 3. The lowest BCUT2D eigenvalue weighted by molar-refractivity contribution is 0.628. The number of fused-ring (bicyclic) bond motifs is 2. The monoisotopic (exact) mass is 373 g/mol. The predicted octanol–water partition coefficient (Wildman–Crippen LogP) is 7.11. The van der Waals surface area contributed by atoms with Gasteiger partial charge in [0.1, 0.15) is 17.1 Å². The Labute approximate surface area is 159 Å². The molecule has 2 nitrogen and oxygen atoms in total. The first-order valence-electron chi connectivity index (χ1n) is 8.53. The first kappa shape index (κ1) is 16.0. The Balaban J connectivity index is 1.82. The van der Waals surface area contributed by atoms with Crippen molar-refractivity contribution in [2.45, 2.75) is 0 Å². The van der Waals surface area contributed by atoms with E-state index < -0.39 is 0 Å². The maximum absolute atomic E-state index is 14.5. The summed E-state index contributed by atoms with van der Waals surface area (Å²) in [6.45, 7) is 0. The van der Waals surface area contributed by atoms with Crippen LogP contribution in [-0.2, 0) is 0 Å². The number of rotatable bonds is 2. The molecule has 0 aliphatic heterocycles. The fourth-order valence-electron chi connectivity index (χ4n) is 3.33. The van der Waals surface area contributed by atoms with E-state index in [1.165, 1.54) is 6.07 Å². The van der Waals surface area contributed by atoms with Crippen molar-refractivity contribution in [1.82, 2.24) is 4.98 Å². The third-order valence-corrected chi connectivity index (χ3v) is 4.85. The van der Waals surface area contributed by atoms with Gasteiger partial charge in [-0.2, -0.15) is 0 Å². The van der Waals surface area contributed by atoms with Crippen LogP contribution in [-0.4, -0.2) is 4.98 Å². The Hall–Kier alpha value is -3.17. The van der Waals surface area contributed by atoms with Gasteiger partial charge in [0, 0.05) is 21.4 Å². The van der Waals surface area contributed by atoms with E-state index in [9.17, 15) is 4.39 Å². The van der Waals surface area contributed by atoms with Crippen molar-refractivity contribution in [2.75, 3.05) is 0 Å². The summed E-state index contributed by atoms with van der Waals surface area (Å²) in [5.74, 6) is 0.353. The molecule has 0 unspecified atom stereocenters. The van der Waals surface area contributed by atoms with Crippen LogP contribution in [0.2, 0.25) is 5.02 Å². The second-order valence-electron chi connectivity index (χ2n) is 6.34. The molecule has 2 aromatic heterocycles. The van der Waals surface area contributed by atoms with Gasteiger partial charge in [0.15, 0.2) is 5.76 Å². The zero-order valence-corrected chi connectivity index (χ0v) is 14.9. The molecule has 0 radical (unpaired) electrons. The lowest BCUT2D eigenvalue weighted by Gasteiger charge is -2.10. The second kappa shape index (κ2) is 6.22. The fraction of sp³-hybridized carbons (Fsp3) is 0. The van der Waals surface area contributed by atoms with E-state index in [-0.39, 0.29) is 5.82 Å². The van der Waals surface area contributed by atoms with Gasteiger partial charge in [-0.3, -0.25) is 0 Å². The molecule has 0 saturated heterocycles. The van der Waals surface area contributed by atoms with Crippen molar-refractivity contribution < 1.29 is 8.81 Å². The normalized spacial score (nSPS) is 11.3. The minimum absolute atomic E-state index is 0.291. The first-order valence-corrected chi connectivity index (χ1v) is 8.91. The molecule has 0 saturated carbocycles. The van der Waals surface area contributed by atoms with Crippen LogP contribution < -0.4 is 0 Å². The highest BCUT2D eigenvalue weighted by molar-refractivity contribution is 6.31. The van der Waals surface area contributed by atoms with Crippen LogP contribution in [0.5, 0.6) is 0 Å². The molecule has 0 amide bonds. The number of furan rings is 1. The van der Waals surface area contributed by atoms with Gasteiger partial charge in [0.2, 0.25) is 0 Å². The van der Waals surface area contributed by atoms with Crippen molar-refractivity contribution in [3.8, 4) is 22.6 Å². The standard InChI is InChI=1S/C23H13ClFNO/c24-15-9-10-20-18(12-15)17(16-6-2-3-7-19(16)25)13-21(26-20)23-11-14-5-1-4-8-22(14)27-23/h1-13H. The minimum Gasteiger partial charge on any atom is -0.454 e. The predicted molar refractivity (Wildman–Crippen MR) is 107 cm³/mol. The summed E-state index contributed by atoms with van der Waals surface area (Å²) in [5.41, 5.74) is 3.41. The van der Waals surface area contributed by atoms with Crippen LogP contribution in [0.4, 0.5) is 4.39 Å². The molecule has 0 spiro atoms. The van der Waals surface area contributed by atoms with Crippen LogP contribution in [0.1, 0.15) is 0 Å². The molecule has 0 atom stereocenters. The summed E-state index contributed by atoms with van der Waals surface area (Å²) in [6, 6.07) is 23.7. The Morgan fingerprint density at radius 1 is 0.815 bits per heavy atom. The molecule has 4 heteroatoms. The van der Waals surface area contributed by atoms with Gasteiger partial charge in [-0.05, 0) is 48.0 Å². The van der Waals surface area contributed by atoms with Crippen LogP contribution in [0.3, 0.4) is 0 Å². The zero-order chi connectivity index (χ0) is 18.4. The number of pyridine rings is 1. The lowest BCUT2D eigenvalue weighted by Crippen LogP contribution is -1.91. The number of halogens is 2. The highest BCUT2D eigenvalue weighted by Gasteiger charge is 2.15. The Kier molecular flexibility index (Phi) is 3.69. The summed E-state index contributed by atoms with van der Waals surface area (Å²) < 4.78 is 20.5. The molecule has 5 aromatic rings. The smallest absolute Gasteiger partial charge is 0.153 e. The van der Waals surface area contributed by atoms with Crippen LogP contribution >= 0.6 is 11.6 Å². The fourth-order valence-corrected chi connectivity index (χ4v) is 3.51. The van der Waals surface area contributed by atoms with E-state index in [4.69, 9.17) is 21.0 Å². The molecular formula is C23H13ClFNO. The third kappa shape index (κ3) is 2.77. The molecule has 0 aliphatic carbocycles. The van der Waals surface area contributed by atoms with E-state index >= 15 is 0 Å². The Morgan fingerprint density at radius 2 is 1.63 bits per heavy atom. The molecular weight excluding hydrogens is 361 g/mol. The molecule has 0 bridgehead atoms. The number of para-hydroxylation sites is 1. The first-order chi connectivity index (χ1) is 13.2. The molecule has 0 fully saturated rings. The SMILES string of the molecule is Fc1ccccc1-c1cc(-c2cc3ccccc3o2)nc2ccc(Cl)cc12. The van der Waals surface area contributed by atoms with Gasteiger partial charge in [-0.1, -0.05) is 48.0 Å². The molecule has 2 heterocycles. The van der Waals surface area contributed by atoms with E-state index in [0.717, 1.165) is 27.4 Å². The van der Waals surface area contributed by atoms with Crippen LogP contribution in [0.15, 0.2) is 83.3 Å². The highest BCUT2D eigenvalue weighted by atomic mass is 35.5. The van der Waals surface area contributed by atoms with Gasteiger partial charge >= 0.3 is 0 Å². The molecule has 0 N–H and O–H groups in total. The summed E-state index contributed by atoms with van der Waals surface area (Å²) in [4.78, 5) is 4.72. The maximum Gasteiger partial charge on any atom is 0.153 e. The topological polar surface area (TPSA) is 26.0 Å². The quantitative estimate of drug-likeness (QED) is 0.329. The van der Waals surface area contributed by atoms with Gasteiger partial charge in [0.05, 0.1) is 5.52 Å². The average molecular weight is 374 g/mol. The van der Waals surface area contributed by atoms with E-state index in [1.54, 1.807) is 18.2 Å². The summed E-state index contributed by atoms with van der Waals surface area (Å²) in [7, 11) is 0. The molecule has 27 heavy (non-hydrogen) atoms. The van der Waals surface area contributed by atoms with Gasteiger partial charge < -0.3 is 4.42 Å². The van der Waals surface area contributed by atoms with Crippen molar-refractivity contribution >= 4 is 33.5 Å². The van der Waals surface area contributed by atoms with Gasteiger partial charge in [-0.15, -0.1) is 0 Å². The molecule has 3 aromatic carbocycles. The van der Waals surface area contributed by atoms with Crippen molar-refractivity contribution in [3.63, 3.8) is 0 Å². The highest BCUT2D eigenvalue weighted by Crippen LogP contribution is 2.36. The summed E-state index contributed by atoms with van der Waals surface area (Å²) >= 11 is 6.19. The molecule has 130 valence electrons. The third-order valence-electron chi connectivity index (χ3n) is 4.61. The average Bonchev–Trinajstić information content (AvgIpc) is 3.12. The van der Waals surface area contributed by atoms with Gasteiger partial charge in [0.25, 0.3) is 0 Å².